The molecule has 18 heteroatoms. The third-order valence-electron chi connectivity index (χ3n) is 9.03. The van der Waals surface area contributed by atoms with E-state index >= 15 is 0 Å². The largest absolute Gasteiger partial charge is 0.508 e. The van der Waals surface area contributed by atoms with Gasteiger partial charge in [0.25, 0.3) is 0 Å². The number of aliphatic hydroxyl groups is 1. The normalized spacial score (nSPS) is 14.9. The summed E-state index contributed by atoms with van der Waals surface area (Å²) in [4.78, 5) is 87.8. The third kappa shape index (κ3) is 19.0. The summed E-state index contributed by atoms with van der Waals surface area (Å²) in [6.45, 7) is 4.16. The maximum Gasteiger partial charge on any atom is 0.245 e. The van der Waals surface area contributed by atoms with Crippen LogP contribution in [0.25, 0.3) is 0 Å². The predicted molar refractivity (Wildman–Crippen MR) is 210 cm³/mol. The molecule has 0 aliphatic carbocycles. The number of likely N-dealkylation sites (N-methyl/N-ethyl adjacent to an activating group) is 1. The molecule has 56 heavy (non-hydrogen) atoms. The van der Waals surface area contributed by atoms with Gasteiger partial charge in [-0.3, -0.25) is 33.6 Å². The number of benzene rings is 1. The van der Waals surface area contributed by atoms with Crippen LogP contribution in [0.4, 0.5) is 0 Å². The molecule has 18 nitrogen and oxygen atoms in total. The van der Waals surface area contributed by atoms with Crippen LogP contribution in [0.1, 0.15) is 90.5 Å². The van der Waals surface area contributed by atoms with Crippen LogP contribution < -0.4 is 49.1 Å². The smallest absolute Gasteiger partial charge is 0.245 e. The lowest BCUT2D eigenvalue weighted by atomic mass is 9.92. The number of carbonyl (C=O) groups excluding carboxylic acids is 7. The Morgan fingerprint density at radius 1 is 0.804 bits per heavy atom. The molecule has 0 aromatic heterocycles. The summed E-state index contributed by atoms with van der Waals surface area (Å²) >= 11 is 0. The average molecular weight is 790 g/mol. The highest BCUT2D eigenvalue weighted by Crippen LogP contribution is 2.18. The molecule has 0 aliphatic heterocycles. The van der Waals surface area contributed by atoms with Gasteiger partial charge in [-0.25, -0.2) is 0 Å². The highest BCUT2D eigenvalue weighted by atomic mass is 16.3. The topological polar surface area (TPSA) is 310 Å². The first-order chi connectivity index (χ1) is 26.3. The van der Waals surface area contributed by atoms with Crippen molar-refractivity contribution in [2.24, 2.45) is 17.2 Å². The molecule has 1 aromatic carbocycles. The standard InChI is InChI=1S/C38H63N9O9/c1-25(48)21-30(50)43-23-31(51)44-24-32(52)46-38(3,36(56)42-4)19-11-8-6-5-7-10-18-37(2,35(41)55)47-34(54)29(13-9-12-20-39)45-33(53)28(40)22-26-14-16-27(49)17-15-26/h5-6,14-17,25,28-29,48-49H,7-13,18-24,39-40H2,1-4H3,(H2,41,55)(H,42,56)(H,43,50)(H,44,51)(H,45,53)(H,46,52)(H,47,54)/b6-5+/t25-,28+,29+,37+,38+/m1/s1. The summed E-state index contributed by atoms with van der Waals surface area (Å²) in [5.41, 5.74) is 15.5. The molecule has 1 rings (SSSR count). The molecule has 0 spiro atoms. The lowest BCUT2D eigenvalue weighted by molar-refractivity contribution is -0.134. The van der Waals surface area contributed by atoms with E-state index in [1.165, 1.54) is 33.0 Å². The zero-order valence-corrected chi connectivity index (χ0v) is 33.1. The molecule has 0 bridgehead atoms. The van der Waals surface area contributed by atoms with Gasteiger partial charge in [0, 0.05) is 7.05 Å². The second kappa shape index (κ2) is 25.2. The van der Waals surface area contributed by atoms with Crippen LogP contribution in [0, 0.1) is 0 Å². The number of hydrogen-bond acceptors (Lipinski definition) is 11. The van der Waals surface area contributed by atoms with Gasteiger partial charge in [0.1, 0.15) is 22.9 Å². The molecule has 0 aliphatic rings. The summed E-state index contributed by atoms with van der Waals surface area (Å²) in [6.07, 6.45) is 7.01. The maximum atomic E-state index is 13.4. The Hall–Kier alpha value is -5.07. The average Bonchev–Trinajstić information content (AvgIpc) is 3.13. The predicted octanol–water partition coefficient (Wildman–Crippen LogP) is -1.24. The van der Waals surface area contributed by atoms with E-state index in [1.807, 2.05) is 12.2 Å². The van der Waals surface area contributed by atoms with Gasteiger partial charge >= 0.3 is 0 Å². The first kappa shape index (κ1) is 48.9. The van der Waals surface area contributed by atoms with Crippen molar-refractivity contribution in [3.8, 4) is 5.75 Å². The van der Waals surface area contributed by atoms with Crippen molar-refractivity contribution in [2.75, 3.05) is 26.7 Å². The first-order valence-electron chi connectivity index (χ1n) is 18.9. The van der Waals surface area contributed by atoms with E-state index in [0.717, 1.165) is 5.56 Å². The van der Waals surface area contributed by atoms with Gasteiger partial charge in [-0.15, -0.1) is 0 Å². The molecule has 0 unspecified atom stereocenters. The Balaban J connectivity index is 2.67. The number of primary amides is 1. The Morgan fingerprint density at radius 3 is 1.93 bits per heavy atom. The van der Waals surface area contributed by atoms with Gasteiger partial charge < -0.3 is 59.3 Å². The minimum Gasteiger partial charge on any atom is -0.508 e. The van der Waals surface area contributed by atoms with Crippen molar-refractivity contribution >= 4 is 41.4 Å². The molecule has 1 aromatic rings. The summed E-state index contributed by atoms with van der Waals surface area (Å²) in [6, 6.07) is 4.33. The van der Waals surface area contributed by atoms with E-state index in [0.29, 0.717) is 45.1 Å². The SMILES string of the molecule is CNC(=O)[C@](C)(CCC/C=C/CCC[C@](C)(NC(=O)[C@H](CCCCN)NC(=O)[C@@H](N)Cc1ccc(O)cc1)C(N)=O)NC(=O)CNC(=O)CNC(=O)C[C@@H](C)O. The monoisotopic (exact) mass is 789 g/mol. The molecule has 0 radical (unpaired) electrons. The Labute approximate surface area is 328 Å². The van der Waals surface area contributed by atoms with E-state index in [4.69, 9.17) is 17.2 Å². The number of amides is 7. The fourth-order valence-corrected chi connectivity index (χ4v) is 5.63. The number of hydrogen-bond donors (Lipinski definition) is 11. The summed E-state index contributed by atoms with van der Waals surface area (Å²) in [5, 5.41) is 34.1. The van der Waals surface area contributed by atoms with Crippen molar-refractivity contribution < 1.29 is 43.8 Å². The van der Waals surface area contributed by atoms with Crippen LogP contribution in [-0.2, 0) is 40.0 Å². The minimum absolute atomic E-state index is 0.0822. The van der Waals surface area contributed by atoms with E-state index in [1.54, 1.807) is 19.1 Å². The molecule has 7 amide bonds. The number of nitrogens with one attached hydrogen (secondary N) is 6. The molecular weight excluding hydrogens is 726 g/mol. The van der Waals surface area contributed by atoms with Gasteiger partial charge in [-0.1, -0.05) is 24.3 Å². The number of aromatic hydroxyl groups is 1. The quantitative estimate of drug-likeness (QED) is 0.0370. The number of phenols is 1. The lowest BCUT2D eigenvalue weighted by Gasteiger charge is -2.30. The molecule has 0 saturated carbocycles. The fraction of sp³-hybridized carbons (Fsp3) is 0.605. The van der Waals surface area contributed by atoms with Crippen LogP contribution in [0.2, 0.25) is 0 Å². The molecule has 5 atom stereocenters. The maximum absolute atomic E-state index is 13.4. The highest BCUT2D eigenvalue weighted by Gasteiger charge is 2.36. The van der Waals surface area contributed by atoms with Gasteiger partial charge in [-0.05, 0) is 109 Å². The van der Waals surface area contributed by atoms with Crippen LogP contribution in [0.5, 0.6) is 5.75 Å². The van der Waals surface area contributed by atoms with Gasteiger partial charge in [0.15, 0.2) is 0 Å². The minimum atomic E-state index is -1.41. The number of allylic oxidation sites excluding steroid dienone is 2. The summed E-state index contributed by atoms with van der Waals surface area (Å²) in [5.74, 6) is -3.92. The third-order valence-corrected chi connectivity index (χ3v) is 9.03. The molecule has 0 saturated heterocycles. The Bertz CT molecular complexity index is 1490. The number of rotatable bonds is 27. The van der Waals surface area contributed by atoms with Crippen LogP contribution >= 0.6 is 0 Å². The Kier molecular flexibility index (Phi) is 22.0. The molecule has 0 heterocycles. The summed E-state index contributed by atoms with van der Waals surface area (Å²) < 4.78 is 0. The van der Waals surface area contributed by atoms with Crippen LogP contribution in [0.15, 0.2) is 36.4 Å². The zero-order valence-electron chi connectivity index (χ0n) is 33.1. The molecule has 0 fully saturated rings. The lowest BCUT2D eigenvalue weighted by Crippen LogP contribution is -2.60. The number of carbonyl (C=O) groups is 7. The highest BCUT2D eigenvalue weighted by molar-refractivity contribution is 5.95. The van der Waals surface area contributed by atoms with Crippen molar-refractivity contribution in [2.45, 2.75) is 121 Å². The van der Waals surface area contributed by atoms with Crippen LogP contribution in [-0.4, -0.2) is 108 Å². The van der Waals surface area contributed by atoms with E-state index < -0.39 is 77.2 Å². The molecule has 14 N–H and O–H groups in total. The second-order valence-corrected chi connectivity index (χ2v) is 14.3. The Morgan fingerprint density at radius 2 is 1.38 bits per heavy atom. The van der Waals surface area contributed by atoms with Gasteiger partial charge in [-0.2, -0.15) is 0 Å². The number of nitrogens with two attached hydrogens (primary N) is 3. The van der Waals surface area contributed by atoms with E-state index in [-0.39, 0.29) is 44.4 Å². The molecule has 314 valence electrons. The second-order valence-electron chi connectivity index (χ2n) is 14.3. The van der Waals surface area contributed by atoms with Gasteiger partial charge in [0.05, 0.1) is 31.7 Å². The zero-order chi connectivity index (χ0) is 42.3. The van der Waals surface area contributed by atoms with Crippen molar-refractivity contribution in [1.29, 1.82) is 0 Å². The summed E-state index contributed by atoms with van der Waals surface area (Å²) in [7, 11) is 1.45. The number of phenolic OH excluding ortho intramolecular Hbond substituents is 1. The van der Waals surface area contributed by atoms with Gasteiger partial charge in [0.2, 0.25) is 41.4 Å². The number of unbranched alkanes of at least 4 members (excludes halogenated alkanes) is 3. The van der Waals surface area contributed by atoms with Crippen molar-refractivity contribution in [3.05, 3.63) is 42.0 Å². The van der Waals surface area contributed by atoms with E-state index in [2.05, 4.69) is 31.9 Å². The molecular formula is C38H63N9O9. The van der Waals surface area contributed by atoms with Crippen LogP contribution in [0.3, 0.4) is 0 Å². The first-order valence-corrected chi connectivity index (χ1v) is 18.9. The number of aliphatic hydroxyl groups excluding tert-OH is 1. The van der Waals surface area contributed by atoms with Crippen molar-refractivity contribution in [3.63, 3.8) is 0 Å². The van der Waals surface area contributed by atoms with Crippen molar-refractivity contribution in [1.82, 2.24) is 31.9 Å². The van der Waals surface area contributed by atoms with E-state index in [9.17, 15) is 43.8 Å². The fourth-order valence-electron chi connectivity index (χ4n) is 5.63.